The number of H-pyrrole nitrogens is 1. The second kappa shape index (κ2) is 5.33. The SMILES string of the molecule is CN1CCCC1c1cc(C(=O)N2CCCCC2)n[nH]1. The van der Waals surface area contributed by atoms with E-state index in [0.717, 1.165) is 44.6 Å². The number of amides is 1. The van der Waals surface area contributed by atoms with Gasteiger partial charge in [0.2, 0.25) is 0 Å². The maximum absolute atomic E-state index is 12.3. The van der Waals surface area contributed by atoms with Gasteiger partial charge in [0.15, 0.2) is 0 Å². The van der Waals surface area contributed by atoms with Crippen LogP contribution in [0.15, 0.2) is 6.07 Å². The molecule has 1 unspecified atom stereocenters. The lowest BCUT2D eigenvalue weighted by Gasteiger charge is -2.25. The number of aromatic nitrogens is 2. The molecule has 1 aromatic rings. The molecule has 2 aliphatic heterocycles. The fraction of sp³-hybridized carbons (Fsp3) is 0.714. The van der Waals surface area contributed by atoms with Gasteiger partial charge in [-0.25, -0.2) is 0 Å². The Morgan fingerprint density at radius 2 is 2.05 bits per heavy atom. The molecule has 5 nitrogen and oxygen atoms in total. The van der Waals surface area contributed by atoms with E-state index in [1.807, 2.05) is 11.0 Å². The number of nitrogens with one attached hydrogen (secondary N) is 1. The molecule has 0 aliphatic carbocycles. The quantitative estimate of drug-likeness (QED) is 0.884. The van der Waals surface area contributed by atoms with E-state index in [9.17, 15) is 4.79 Å². The van der Waals surface area contributed by atoms with Gasteiger partial charge in [-0.05, 0) is 51.8 Å². The summed E-state index contributed by atoms with van der Waals surface area (Å²) in [6.07, 6.45) is 5.84. The average molecular weight is 262 g/mol. The molecule has 0 saturated carbocycles. The number of carbonyl (C=O) groups excluding carboxylic acids is 1. The molecule has 0 aromatic carbocycles. The lowest BCUT2D eigenvalue weighted by atomic mass is 10.1. The highest BCUT2D eigenvalue weighted by atomic mass is 16.2. The lowest BCUT2D eigenvalue weighted by Crippen LogP contribution is -2.35. The first kappa shape index (κ1) is 12.7. The number of carbonyl (C=O) groups is 1. The van der Waals surface area contributed by atoms with Crippen LogP contribution in [0.25, 0.3) is 0 Å². The molecule has 1 aromatic heterocycles. The van der Waals surface area contributed by atoms with E-state index in [2.05, 4.69) is 22.1 Å². The summed E-state index contributed by atoms with van der Waals surface area (Å²) >= 11 is 0. The van der Waals surface area contributed by atoms with Crippen LogP contribution in [0.4, 0.5) is 0 Å². The van der Waals surface area contributed by atoms with Crippen molar-refractivity contribution in [3.05, 3.63) is 17.5 Å². The summed E-state index contributed by atoms with van der Waals surface area (Å²) < 4.78 is 0. The molecule has 1 N–H and O–H groups in total. The summed E-state index contributed by atoms with van der Waals surface area (Å²) in [6.45, 7) is 2.88. The number of likely N-dealkylation sites (tertiary alicyclic amines) is 2. The molecule has 19 heavy (non-hydrogen) atoms. The predicted octanol–water partition coefficient (Wildman–Crippen LogP) is 1.80. The Morgan fingerprint density at radius 3 is 2.74 bits per heavy atom. The van der Waals surface area contributed by atoms with Crippen molar-refractivity contribution in [2.45, 2.75) is 38.1 Å². The number of nitrogens with zero attached hydrogens (tertiary/aromatic N) is 3. The van der Waals surface area contributed by atoms with Crippen molar-refractivity contribution < 1.29 is 4.79 Å². The highest BCUT2D eigenvalue weighted by Crippen LogP contribution is 2.29. The fourth-order valence-electron chi connectivity index (χ4n) is 3.18. The van der Waals surface area contributed by atoms with E-state index in [0.29, 0.717) is 11.7 Å². The second-order valence-electron chi connectivity index (χ2n) is 5.70. The highest BCUT2D eigenvalue weighted by Gasteiger charge is 2.26. The smallest absolute Gasteiger partial charge is 0.274 e. The van der Waals surface area contributed by atoms with Gasteiger partial charge in [-0.15, -0.1) is 0 Å². The van der Waals surface area contributed by atoms with Crippen molar-refractivity contribution in [2.75, 3.05) is 26.7 Å². The van der Waals surface area contributed by atoms with E-state index in [1.165, 1.54) is 12.8 Å². The van der Waals surface area contributed by atoms with Crippen LogP contribution >= 0.6 is 0 Å². The maximum Gasteiger partial charge on any atom is 0.274 e. The van der Waals surface area contributed by atoms with Crippen molar-refractivity contribution in [3.8, 4) is 0 Å². The zero-order chi connectivity index (χ0) is 13.2. The molecule has 2 aliphatic rings. The Balaban J connectivity index is 1.71. The van der Waals surface area contributed by atoms with E-state index in [-0.39, 0.29) is 5.91 Å². The van der Waals surface area contributed by atoms with Crippen molar-refractivity contribution >= 4 is 5.91 Å². The van der Waals surface area contributed by atoms with Crippen LogP contribution in [0, 0.1) is 0 Å². The van der Waals surface area contributed by atoms with Gasteiger partial charge in [0.05, 0.1) is 11.7 Å². The van der Waals surface area contributed by atoms with Crippen molar-refractivity contribution in [3.63, 3.8) is 0 Å². The van der Waals surface area contributed by atoms with Crippen LogP contribution in [0.5, 0.6) is 0 Å². The maximum atomic E-state index is 12.3. The molecule has 3 heterocycles. The van der Waals surface area contributed by atoms with Gasteiger partial charge in [0, 0.05) is 13.1 Å². The molecular formula is C14H22N4O. The van der Waals surface area contributed by atoms with Crippen LogP contribution < -0.4 is 0 Å². The lowest BCUT2D eigenvalue weighted by molar-refractivity contribution is 0.0718. The van der Waals surface area contributed by atoms with E-state index < -0.39 is 0 Å². The van der Waals surface area contributed by atoms with Crippen LogP contribution in [0.3, 0.4) is 0 Å². The summed E-state index contributed by atoms with van der Waals surface area (Å²) in [5.74, 6) is 0.0860. The molecule has 3 rings (SSSR count). The van der Waals surface area contributed by atoms with Gasteiger partial charge in [-0.2, -0.15) is 5.10 Å². The first-order chi connectivity index (χ1) is 9.25. The molecule has 1 atom stereocenters. The van der Waals surface area contributed by atoms with Gasteiger partial charge >= 0.3 is 0 Å². The van der Waals surface area contributed by atoms with Crippen LogP contribution in [-0.2, 0) is 0 Å². The molecule has 104 valence electrons. The van der Waals surface area contributed by atoms with Crippen LogP contribution in [-0.4, -0.2) is 52.6 Å². The number of piperidine rings is 1. The monoisotopic (exact) mass is 262 g/mol. The Morgan fingerprint density at radius 1 is 1.26 bits per heavy atom. The Bertz CT molecular complexity index is 450. The molecular weight excluding hydrogens is 240 g/mol. The minimum atomic E-state index is 0.0860. The molecule has 1 amide bonds. The van der Waals surface area contributed by atoms with Crippen molar-refractivity contribution in [1.82, 2.24) is 20.0 Å². The summed E-state index contributed by atoms with van der Waals surface area (Å²) in [7, 11) is 2.13. The predicted molar refractivity (Wildman–Crippen MR) is 72.9 cm³/mol. The molecule has 0 bridgehead atoms. The van der Waals surface area contributed by atoms with E-state index in [4.69, 9.17) is 0 Å². The van der Waals surface area contributed by atoms with Crippen molar-refractivity contribution in [1.29, 1.82) is 0 Å². The summed E-state index contributed by atoms with van der Waals surface area (Å²) in [5, 5.41) is 7.29. The van der Waals surface area contributed by atoms with Gasteiger partial charge in [0.1, 0.15) is 5.69 Å². The van der Waals surface area contributed by atoms with Crippen LogP contribution in [0.2, 0.25) is 0 Å². The normalized spacial score (nSPS) is 24.9. The van der Waals surface area contributed by atoms with Crippen LogP contribution in [0.1, 0.15) is 54.3 Å². The van der Waals surface area contributed by atoms with Gasteiger partial charge < -0.3 is 4.90 Å². The fourth-order valence-corrected chi connectivity index (χ4v) is 3.18. The minimum absolute atomic E-state index is 0.0860. The third-order valence-electron chi connectivity index (χ3n) is 4.34. The number of aromatic amines is 1. The minimum Gasteiger partial charge on any atom is -0.337 e. The number of hydrogen-bond acceptors (Lipinski definition) is 3. The zero-order valence-electron chi connectivity index (χ0n) is 11.6. The third kappa shape index (κ3) is 2.52. The van der Waals surface area contributed by atoms with Gasteiger partial charge in [0.25, 0.3) is 5.91 Å². The second-order valence-corrected chi connectivity index (χ2v) is 5.70. The molecule has 0 radical (unpaired) electrons. The van der Waals surface area contributed by atoms with Crippen molar-refractivity contribution in [2.24, 2.45) is 0 Å². The summed E-state index contributed by atoms with van der Waals surface area (Å²) in [4.78, 5) is 16.6. The zero-order valence-corrected chi connectivity index (χ0v) is 11.6. The van der Waals surface area contributed by atoms with E-state index in [1.54, 1.807) is 0 Å². The first-order valence-corrected chi connectivity index (χ1v) is 7.30. The largest absolute Gasteiger partial charge is 0.337 e. The summed E-state index contributed by atoms with van der Waals surface area (Å²) in [6, 6.07) is 2.35. The van der Waals surface area contributed by atoms with E-state index >= 15 is 0 Å². The molecule has 0 spiro atoms. The highest BCUT2D eigenvalue weighted by molar-refractivity contribution is 5.92. The third-order valence-corrected chi connectivity index (χ3v) is 4.34. The number of hydrogen-bond donors (Lipinski definition) is 1. The average Bonchev–Trinajstić information content (AvgIpc) is 3.07. The van der Waals surface area contributed by atoms with Gasteiger partial charge in [-0.3, -0.25) is 14.8 Å². The molecule has 2 fully saturated rings. The topological polar surface area (TPSA) is 52.2 Å². The summed E-state index contributed by atoms with van der Waals surface area (Å²) in [5.41, 5.74) is 1.66. The first-order valence-electron chi connectivity index (χ1n) is 7.30. The standard InChI is InChI=1S/C14H22N4O/c1-17-7-5-6-13(17)11-10-12(16-15-11)14(19)18-8-3-2-4-9-18/h10,13H,2-9H2,1H3,(H,15,16). The molecule has 2 saturated heterocycles. The Kier molecular flexibility index (Phi) is 3.55. The Labute approximate surface area is 114 Å². The molecule has 5 heteroatoms. The number of rotatable bonds is 2. The van der Waals surface area contributed by atoms with Gasteiger partial charge in [-0.1, -0.05) is 0 Å². The Hall–Kier alpha value is -1.36.